The van der Waals surface area contributed by atoms with Crippen LogP contribution in [0.2, 0.25) is 0 Å². The van der Waals surface area contributed by atoms with Gasteiger partial charge in [0, 0.05) is 34.6 Å². The van der Waals surface area contributed by atoms with Crippen molar-refractivity contribution in [3.63, 3.8) is 0 Å². The molecule has 1 N–H and O–H groups in total. The number of pyridine rings is 1. The van der Waals surface area contributed by atoms with Crippen LogP contribution in [0.1, 0.15) is 0 Å². The molecule has 9 nitrogen and oxygen atoms in total. The van der Waals surface area contributed by atoms with Crippen molar-refractivity contribution in [2.24, 2.45) is 0 Å². The number of benzene rings is 2. The number of anilines is 1. The Labute approximate surface area is 211 Å². The number of imidazole rings is 1. The zero-order valence-corrected chi connectivity index (χ0v) is 21.1. The molecule has 5 aromatic rings. The Balaban J connectivity index is 1.62. The molecule has 0 fully saturated rings. The van der Waals surface area contributed by atoms with Gasteiger partial charge in [-0.25, -0.2) is 30.6 Å². The van der Waals surface area contributed by atoms with Crippen molar-refractivity contribution in [3.05, 3.63) is 85.0 Å². The number of fused-ring (bicyclic) bond motifs is 1. The highest BCUT2D eigenvalue weighted by molar-refractivity contribution is 7.92. The summed E-state index contributed by atoms with van der Waals surface area (Å²) in [6.07, 6.45) is 8.17. The third-order valence-corrected chi connectivity index (χ3v) is 7.01. The minimum Gasteiger partial charge on any atom is -0.300 e. The van der Waals surface area contributed by atoms with Crippen LogP contribution >= 0.6 is 0 Å². The molecule has 190 valence electrons. The van der Waals surface area contributed by atoms with Crippen LogP contribution in [0, 0.1) is 11.6 Å². The number of hydrogen-bond acceptors (Lipinski definition) is 6. The zero-order chi connectivity index (χ0) is 26.5. The van der Waals surface area contributed by atoms with Crippen molar-refractivity contribution in [1.29, 1.82) is 0 Å². The summed E-state index contributed by atoms with van der Waals surface area (Å²) in [5, 5.41) is 3.88. The van der Waals surface area contributed by atoms with Crippen LogP contribution in [0.3, 0.4) is 0 Å². The molecule has 0 radical (unpaired) electrons. The number of halogens is 2. The maximum absolute atomic E-state index is 14.6. The normalized spacial score (nSPS) is 12.2. The van der Waals surface area contributed by atoms with Crippen LogP contribution in [-0.2, 0) is 20.0 Å². The van der Waals surface area contributed by atoms with Crippen molar-refractivity contribution in [3.8, 4) is 33.5 Å². The molecule has 3 aromatic heterocycles. The van der Waals surface area contributed by atoms with E-state index in [2.05, 4.69) is 14.8 Å². The Hall–Kier alpha value is -4.10. The molecule has 0 aliphatic rings. The van der Waals surface area contributed by atoms with Crippen LogP contribution in [0.25, 0.3) is 39.2 Å². The standard InChI is InChI=1S/C24H19F2N5O4S2/c1-36(32,33)29-20-8-16(21-4-3-19(25)11-22(21)26)7-17(9-20)23-13-27-24-10-15(5-6-30(23)24)18-12-28-31(14-18)37(2,34)35/h3-14,29H,1-2H3. The van der Waals surface area contributed by atoms with E-state index in [1.165, 1.54) is 24.5 Å². The third-order valence-electron chi connectivity index (χ3n) is 5.52. The molecule has 2 aromatic carbocycles. The molecule has 0 saturated carbocycles. The molecule has 0 unspecified atom stereocenters. The van der Waals surface area contributed by atoms with E-state index in [4.69, 9.17) is 0 Å². The second kappa shape index (κ2) is 8.78. The SMILES string of the molecule is CS(=O)(=O)Nc1cc(-c2ccc(F)cc2F)cc(-c2cnc3cc(-c4cnn(S(C)(=O)=O)c4)ccn23)c1. The van der Waals surface area contributed by atoms with Gasteiger partial charge in [-0.3, -0.25) is 9.12 Å². The Kier molecular flexibility index (Phi) is 5.83. The second-order valence-electron chi connectivity index (χ2n) is 8.45. The molecule has 3 heterocycles. The molecular weight excluding hydrogens is 524 g/mol. The van der Waals surface area contributed by atoms with Crippen LogP contribution in [0.15, 0.2) is 73.3 Å². The molecule has 0 aliphatic heterocycles. The lowest BCUT2D eigenvalue weighted by atomic mass is 10.00. The van der Waals surface area contributed by atoms with Gasteiger partial charge in [0.15, 0.2) is 0 Å². The Morgan fingerprint density at radius 3 is 2.27 bits per heavy atom. The minimum absolute atomic E-state index is 0.0961. The topological polar surface area (TPSA) is 115 Å². The lowest BCUT2D eigenvalue weighted by Crippen LogP contribution is -2.09. The van der Waals surface area contributed by atoms with Crippen LogP contribution in [-0.4, -0.2) is 47.9 Å². The van der Waals surface area contributed by atoms with Crippen molar-refractivity contribution in [2.45, 2.75) is 0 Å². The van der Waals surface area contributed by atoms with E-state index in [-0.39, 0.29) is 11.3 Å². The maximum atomic E-state index is 14.6. The Morgan fingerprint density at radius 1 is 0.838 bits per heavy atom. The van der Waals surface area contributed by atoms with Crippen LogP contribution in [0.4, 0.5) is 14.5 Å². The minimum atomic E-state index is -3.64. The number of nitrogens with zero attached hydrogens (tertiary/aromatic N) is 4. The highest BCUT2D eigenvalue weighted by atomic mass is 32.2. The fraction of sp³-hybridized carbons (Fsp3) is 0.0833. The maximum Gasteiger partial charge on any atom is 0.250 e. The first-order valence-electron chi connectivity index (χ1n) is 10.7. The molecular formula is C24H19F2N5O4S2. The monoisotopic (exact) mass is 543 g/mol. The van der Waals surface area contributed by atoms with E-state index >= 15 is 0 Å². The lowest BCUT2D eigenvalue weighted by molar-refractivity contribution is 0.585. The average molecular weight is 544 g/mol. The first-order chi connectivity index (χ1) is 17.4. The summed E-state index contributed by atoms with van der Waals surface area (Å²) in [6.45, 7) is 0. The van der Waals surface area contributed by atoms with Crippen LogP contribution < -0.4 is 4.72 Å². The molecule has 0 saturated heterocycles. The van der Waals surface area contributed by atoms with E-state index in [9.17, 15) is 25.6 Å². The fourth-order valence-corrected chi connectivity index (χ4v) is 5.01. The van der Waals surface area contributed by atoms with Gasteiger partial charge in [0.2, 0.25) is 10.0 Å². The lowest BCUT2D eigenvalue weighted by Gasteiger charge is -2.12. The number of aromatic nitrogens is 4. The largest absolute Gasteiger partial charge is 0.300 e. The van der Waals surface area contributed by atoms with Gasteiger partial charge >= 0.3 is 0 Å². The molecule has 0 atom stereocenters. The number of sulfonamides is 1. The summed E-state index contributed by atoms with van der Waals surface area (Å²) < 4.78 is 80.4. The smallest absolute Gasteiger partial charge is 0.250 e. The first-order valence-corrected chi connectivity index (χ1v) is 14.4. The van der Waals surface area contributed by atoms with Crippen LogP contribution in [0.5, 0.6) is 0 Å². The van der Waals surface area contributed by atoms with E-state index < -0.39 is 31.7 Å². The van der Waals surface area contributed by atoms with Gasteiger partial charge in [0.1, 0.15) is 17.3 Å². The third kappa shape index (κ3) is 5.08. The first kappa shape index (κ1) is 24.6. The highest BCUT2D eigenvalue weighted by Gasteiger charge is 2.15. The number of hydrogen-bond donors (Lipinski definition) is 1. The molecule has 0 aliphatic carbocycles. The summed E-state index contributed by atoms with van der Waals surface area (Å²) in [5.74, 6) is -1.52. The van der Waals surface area contributed by atoms with Crippen molar-refractivity contribution in [1.82, 2.24) is 18.6 Å². The number of nitrogens with one attached hydrogen (secondary N) is 1. The predicted octanol–water partition coefficient (Wildman–Crippen LogP) is 3.99. The predicted molar refractivity (Wildman–Crippen MR) is 136 cm³/mol. The summed E-state index contributed by atoms with van der Waals surface area (Å²) in [6, 6.07) is 11.3. The van der Waals surface area contributed by atoms with Gasteiger partial charge < -0.3 is 0 Å². The van der Waals surface area contributed by atoms with Gasteiger partial charge in [-0.15, -0.1) is 0 Å². The van der Waals surface area contributed by atoms with E-state index in [0.29, 0.717) is 33.6 Å². The molecule has 0 spiro atoms. The number of rotatable bonds is 6. The second-order valence-corrected chi connectivity index (χ2v) is 12.0. The zero-order valence-electron chi connectivity index (χ0n) is 19.4. The summed E-state index contributed by atoms with van der Waals surface area (Å²) in [5.41, 5.74) is 3.51. The molecule has 37 heavy (non-hydrogen) atoms. The van der Waals surface area contributed by atoms with Gasteiger partial charge in [0.25, 0.3) is 10.0 Å². The Bertz CT molecular complexity index is 1900. The van der Waals surface area contributed by atoms with E-state index in [0.717, 1.165) is 28.7 Å². The molecule has 5 rings (SSSR count). The van der Waals surface area contributed by atoms with Gasteiger partial charge in [-0.1, -0.05) is 0 Å². The van der Waals surface area contributed by atoms with Gasteiger partial charge in [0.05, 0.1) is 36.8 Å². The van der Waals surface area contributed by atoms with E-state index in [1.807, 2.05) is 0 Å². The summed E-state index contributed by atoms with van der Waals surface area (Å²) in [7, 11) is -7.17. The average Bonchev–Trinajstić information content (AvgIpc) is 3.45. The Morgan fingerprint density at radius 2 is 1.59 bits per heavy atom. The van der Waals surface area contributed by atoms with Gasteiger partial charge in [-0.05, 0) is 53.6 Å². The summed E-state index contributed by atoms with van der Waals surface area (Å²) >= 11 is 0. The molecule has 0 amide bonds. The van der Waals surface area contributed by atoms with Crippen molar-refractivity contribution < 1.29 is 25.6 Å². The fourth-order valence-electron chi connectivity index (χ4n) is 3.94. The van der Waals surface area contributed by atoms with Crippen molar-refractivity contribution in [2.75, 3.05) is 17.2 Å². The van der Waals surface area contributed by atoms with Gasteiger partial charge in [-0.2, -0.15) is 9.19 Å². The molecule has 0 bridgehead atoms. The highest BCUT2D eigenvalue weighted by Crippen LogP contribution is 2.33. The van der Waals surface area contributed by atoms with E-state index in [1.54, 1.807) is 41.1 Å². The molecule has 13 heteroatoms. The summed E-state index contributed by atoms with van der Waals surface area (Å²) in [4.78, 5) is 4.43. The quantitative estimate of drug-likeness (QED) is 0.346. The van der Waals surface area contributed by atoms with Crippen molar-refractivity contribution >= 4 is 31.4 Å².